The Morgan fingerprint density at radius 1 is 1.20 bits per heavy atom. The molecule has 0 saturated heterocycles. The molecule has 0 spiro atoms. The van der Waals surface area contributed by atoms with Crippen LogP contribution in [0.3, 0.4) is 0 Å². The van der Waals surface area contributed by atoms with Gasteiger partial charge in [-0.3, -0.25) is 4.98 Å². The summed E-state index contributed by atoms with van der Waals surface area (Å²) >= 11 is 1.64. The summed E-state index contributed by atoms with van der Waals surface area (Å²) in [6.07, 6.45) is 5.96. The molecule has 0 radical (unpaired) electrons. The summed E-state index contributed by atoms with van der Waals surface area (Å²) in [5.41, 5.74) is 0.953. The van der Waals surface area contributed by atoms with Crippen molar-refractivity contribution in [3.63, 3.8) is 0 Å². The fraction of sp³-hybridized carbons (Fsp3) is 0.300. The van der Waals surface area contributed by atoms with E-state index in [0.29, 0.717) is 0 Å². The number of thiazole rings is 1. The molecule has 4 nitrogen and oxygen atoms in total. The standard InChI is InChI=1S/C10H12N4S/c1-2-11-10-8(12-3-4-14-10)7-9-13-5-6-15-9/h3-6H,2,7H2,1H3,(H,11,14). The summed E-state index contributed by atoms with van der Waals surface area (Å²) in [4.78, 5) is 12.8. The van der Waals surface area contributed by atoms with Crippen LogP contribution in [0, 0.1) is 0 Å². The second kappa shape index (κ2) is 4.84. The molecular formula is C10H12N4S. The highest BCUT2D eigenvalue weighted by molar-refractivity contribution is 7.09. The Morgan fingerprint density at radius 2 is 2.07 bits per heavy atom. The predicted molar refractivity (Wildman–Crippen MR) is 61.1 cm³/mol. The average molecular weight is 220 g/mol. The number of aromatic nitrogens is 3. The monoisotopic (exact) mass is 220 g/mol. The van der Waals surface area contributed by atoms with E-state index in [0.717, 1.165) is 29.5 Å². The lowest BCUT2D eigenvalue weighted by atomic mass is 10.3. The van der Waals surface area contributed by atoms with Crippen LogP contribution in [-0.2, 0) is 6.42 Å². The summed E-state index contributed by atoms with van der Waals surface area (Å²) in [5, 5.41) is 6.23. The van der Waals surface area contributed by atoms with Crippen molar-refractivity contribution in [3.05, 3.63) is 34.7 Å². The SMILES string of the molecule is CCNc1nccnc1Cc1nccs1. The Hall–Kier alpha value is -1.49. The zero-order chi connectivity index (χ0) is 10.5. The first-order valence-electron chi connectivity index (χ1n) is 4.82. The van der Waals surface area contributed by atoms with Crippen molar-refractivity contribution in [1.29, 1.82) is 0 Å². The molecule has 2 aromatic heterocycles. The number of hydrogen-bond donors (Lipinski definition) is 1. The van der Waals surface area contributed by atoms with Gasteiger partial charge in [-0.1, -0.05) is 0 Å². The van der Waals surface area contributed by atoms with Crippen molar-refractivity contribution in [1.82, 2.24) is 15.0 Å². The number of rotatable bonds is 4. The molecule has 0 aromatic carbocycles. The first kappa shape index (κ1) is 10.0. The molecule has 2 heterocycles. The molecule has 15 heavy (non-hydrogen) atoms. The Kier molecular flexibility index (Phi) is 3.24. The highest BCUT2D eigenvalue weighted by Gasteiger charge is 2.06. The lowest BCUT2D eigenvalue weighted by Crippen LogP contribution is -2.05. The normalized spacial score (nSPS) is 10.2. The molecule has 0 amide bonds. The minimum Gasteiger partial charge on any atom is -0.369 e. The lowest BCUT2D eigenvalue weighted by molar-refractivity contribution is 1.00. The van der Waals surface area contributed by atoms with Crippen molar-refractivity contribution in [2.45, 2.75) is 13.3 Å². The molecule has 0 aliphatic rings. The molecular weight excluding hydrogens is 208 g/mol. The minimum atomic E-state index is 0.744. The smallest absolute Gasteiger partial charge is 0.148 e. The zero-order valence-corrected chi connectivity index (χ0v) is 9.29. The zero-order valence-electron chi connectivity index (χ0n) is 8.47. The highest BCUT2D eigenvalue weighted by atomic mass is 32.1. The minimum absolute atomic E-state index is 0.744. The second-order valence-corrected chi connectivity index (χ2v) is 3.96. The van der Waals surface area contributed by atoms with Crippen LogP contribution >= 0.6 is 11.3 Å². The van der Waals surface area contributed by atoms with Crippen LogP contribution < -0.4 is 5.32 Å². The maximum absolute atomic E-state index is 4.31. The summed E-state index contributed by atoms with van der Waals surface area (Å²) in [6.45, 7) is 2.89. The molecule has 78 valence electrons. The van der Waals surface area contributed by atoms with Crippen LogP contribution in [0.4, 0.5) is 5.82 Å². The van der Waals surface area contributed by atoms with Crippen molar-refractivity contribution in [2.75, 3.05) is 11.9 Å². The highest BCUT2D eigenvalue weighted by Crippen LogP contribution is 2.15. The third kappa shape index (κ3) is 2.50. The van der Waals surface area contributed by atoms with Crippen molar-refractivity contribution < 1.29 is 0 Å². The van der Waals surface area contributed by atoms with Crippen LogP contribution in [-0.4, -0.2) is 21.5 Å². The van der Waals surface area contributed by atoms with Gasteiger partial charge in [-0.25, -0.2) is 9.97 Å². The van der Waals surface area contributed by atoms with Gasteiger partial charge in [0.1, 0.15) is 5.82 Å². The maximum atomic E-state index is 4.31. The molecule has 5 heteroatoms. The van der Waals surface area contributed by atoms with Gasteiger partial charge in [0.2, 0.25) is 0 Å². The topological polar surface area (TPSA) is 50.7 Å². The number of nitrogens with one attached hydrogen (secondary N) is 1. The predicted octanol–water partition coefficient (Wildman–Crippen LogP) is 1.96. The Bertz CT molecular complexity index is 413. The molecule has 0 unspecified atom stereocenters. The van der Waals surface area contributed by atoms with Crippen LogP contribution in [0.25, 0.3) is 0 Å². The first-order valence-corrected chi connectivity index (χ1v) is 5.70. The van der Waals surface area contributed by atoms with Gasteiger partial charge in [-0.15, -0.1) is 11.3 Å². The van der Waals surface area contributed by atoms with Crippen LogP contribution in [0.5, 0.6) is 0 Å². The number of anilines is 1. The molecule has 1 N–H and O–H groups in total. The summed E-state index contributed by atoms with van der Waals surface area (Å²) < 4.78 is 0. The quantitative estimate of drug-likeness (QED) is 0.855. The van der Waals surface area contributed by atoms with Crippen molar-refractivity contribution >= 4 is 17.2 Å². The van der Waals surface area contributed by atoms with E-state index >= 15 is 0 Å². The summed E-state index contributed by atoms with van der Waals surface area (Å²) in [6, 6.07) is 0. The molecule has 0 aliphatic heterocycles. The van der Waals surface area contributed by atoms with E-state index in [1.54, 1.807) is 23.7 Å². The van der Waals surface area contributed by atoms with Gasteiger partial charge in [-0.2, -0.15) is 0 Å². The van der Waals surface area contributed by atoms with Gasteiger partial charge in [0, 0.05) is 36.9 Å². The Morgan fingerprint density at radius 3 is 2.80 bits per heavy atom. The lowest BCUT2D eigenvalue weighted by Gasteiger charge is -2.06. The first-order chi connectivity index (χ1) is 7.40. The Balaban J connectivity index is 2.20. The van der Waals surface area contributed by atoms with Gasteiger partial charge in [0.05, 0.1) is 10.7 Å². The molecule has 0 fully saturated rings. The molecule has 0 aliphatic carbocycles. The second-order valence-electron chi connectivity index (χ2n) is 2.98. The van der Waals surface area contributed by atoms with E-state index in [1.165, 1.54) is 0 Å². The van der Waals surface area contributed by atoms with Crippen molar-refractivity contribution in [2.24, 2.45) is 0 Å². The molecule has 0 saturated carbocycles. The van der Waals surface area contributed by atoms with E-state index in [9.17, 15) is 0 Å². The van der Waals surface area contributed by atoms with E-state index in [-0.39, 0.29) is 0 Å². The van der Waals surface area contributed by atoms with Gasteiger partial charge in [0.25, 0.3) is 0 Å². The molecule has 0 atom stereocenters. The fourth-order valence-corrected chi connectivity index (χ4v) is 1.92. The van der Waals surface area contributed by atoms with Gasteiger partial charge in [-0.05, 0) is 6.92 Å². The Labute approximate surface area is 92.4 Å². The van der Waals surface area contributed by atoms with Crippen LogP contribution in [0.1, 0.15) is 17.6 Å². The molecule has 2 rings (SSSR count). The van der Waals surface area contributed by atoms with Crippen LogP contribution in [0.15, 0.2) is 24.0 Å². The third-order valence-electron chi connectivity index (χ3n) is 1.92. The van der Waals surface area contributed by atoms with Crippen molar-refractivity contribution in [3.8, 4) is 0 Å². The maximum Gasteiger partial charge on any atom is 0.148 e. The fourth-order valence-electron chi connectivity index (χ4n) is 1.29. The average Bonchev–Trinajstić information content (AvgIpc) is 2.74. The van der Waals surface area contributed by atoms with E-state index in [4.69, 9.17) is 0 Å². The van der Waals surface area contributed by atoms with Crippen LogP contribution in [0.2, 0.25) is 0 Å². The summed E-state index contributed by atoms with van der Waals surface area (Å²) in [5.74, 6) is 0.857. The van der Waals surface area contributed by atoms with E-state index in [2.05, 4.69) is 20.3 Å². The third-order valence-corrected chi connectivity index (χ3v) is 2.70. The molecule has 0 bridgehead atoms. The van der Waals surface area contributed by atoms with Gasteiger partial charge >= 0.3 is 0 Å². The van der Waals surface area contributed by atoms with E-state index in [1.807, 2.05) is 18.5 Å². The number of hydrogen-bond acceptors (Lipinski definition) is 5. The summed E-state index contributed by atoms with van der Waals surface area (Å²) in [7, 11) is 0. The van der Waals surface area contributed by atoms with E-state index < -0.39 is 0 Å². The number of nitrogens with zero attached hydrogens (tertiary/aromatic N) is 3. The van der Waals surface area contributed by atoms with Gasteiger partial charge in [0.15, 0.2) is 0 Å². The van der Waals surface area contributed by atoms with Gasteiger partial charge < -0.3 is 5.32 Å². The largest absolute Gasteiger partial charge is 0.369 e. The molecule has 2 aromatic rings.